The van der Waals surface area contributed by atoms with E-state index in [1.807, 2.05) is 92.6 Å². The summed E-state index contributed by atoms with van der Waals surface area (Å²) >= 11 is 0. The standard InChI is InChI=1S/C20H34N2O3/c1-17(2,3)21-22-20(9,23-16-13-11-10-12-14-16)15-19(7,8)25-24-18(4,5)6/h10-14H,15H2,1-9H3/b22-21+. The van der Waals surface area contributed by atoms with Gasteiger partial charge in [0, 0.05) is 6.42 Å². The van der Waals surface area contributed by atoms with Crippen LogP contribution in [-0.4, -0.2) is 22.5 Å². The van der Waals surface area contributed by atoms with Gasteiger partial charge in [-0.25, -0.2) is 9.78 Å². The van der Waals surface area contributed by atoms with Crippen LogP contribution in [0.5, 0.6) is 5.75 Å². The van der Waals surface area contributed by atoms with Crippen molar-refractivity contribution in [1.29, 1.82) is 0 Å². The van der Waals surface area contributed by atoms with Crippen molar-refractivity contribution in [3.05, 3.63) is 30.3 Å². The SMILES string of the molecule is CC(C)(C)/N=N/C(C)(CC(C)(C)OOC(C)(C)C)Oc1ccccc1. The fourth-order valence-corrected chi connectivity index (χ4v) is 2.15. The molecule has 1 aromatic rings. The topological polar surface area (TPSA) is 52.4 Å². The second-order valence-electron chi connectivity index (χ2n) is 9.18. The Labute approximate surface area is 152 Å². The van der Waals surface area contributed by atoms with Gasteiger partial charge in [0.2, 0.25) is 5.72 Å². The number of nitrogens with zero attached hydrogens (tertiary/aromatic N) is 2. The number of benzene rings is 1. The van der Waals surface area contributed by atoms with Gasteiger partial charge >= 0.3 is 0 Å². The van der Waals surface area contributed by atoms with Crippen molar-refractivity contribution in [1.82, 2.24) is 0 Å². The number of hydrogen-bond donors (Lipinski definition) is 0. The molecule has 0 heterocycles. The van der Waals surface area contributed by atoms with E-state index in [0.717, 1.165) is 5.75 Å². The summed E-state index contributed by atoms with van der Waals surface area (Å²) in [4.78, 5) is 11.2. The van der Waals surface area contributed by atoms with Crippen molar-refractivity contribution < 1.29 is 14.5 Å². The van der Waals surface area contributed by atoms with E-state index < -0.39 is 11.3 Å². The van der Waals surface area contributed by atoms with Crippen molar-refractivity contribution in [2.45, 2.75) is 91.2 Å². The molecule has 0 radical (unpaired) electrons. The third kappa shape index (κ3) is 9.56. The highest BCUT2D eigenvalue weighted by Gasteiger charge is 2.37. The molecule has 0 fully saturated rings. The number of azo groups is 1. The molecule has 1 unspecified atom stereocenters. The first-order chi connectivity index (χ1) is 11.2. The molecule has 0 N–H and O–H groups in total. The summed E-state index contributed by atoms with van der Waals surface area (Å²) in [6.45, 7) is 17.7. The normalized spacial score (nSPS) is 16.0. The molecule has 0 aliphatic heterocycles. The molecule has 0 amide bonds. The Balaban J connectivity index is 2.99. The van der Waals surface area contributed by atoms with Gasteiger partial charge in [-0.3, -0.25) is 0 Å². The van der Waals surface area contributed by atoms with Crippen molar-refractivity contribution in [3.8, 4) is 5.75 Å². The zero-order valence-electron chi connectivity index (χ0n) is 17.2. The minimum absolute atomic E-state index is 0.284. The molecule has 0 aliphatic rings. The lowest BCUT2D eigenvalue weighted by molar-refractivity contribution is -0.401. The van der Waals surface area contributed by atoms with Crippen molar-refractivity contribution in [2.75, 3.05) is 0 Å². The molecule has 0 aromatic heterocycles. The van der Waals surface area contributed by atoms with E-state index in [2.05, 4.69) is 10.2 Å². The van der Waals surface area contributed by atoms with Gasteiger partial charge in [0.1, 0.15) is 11.4 Å². The summed E-state index contributed by atoms with van der Waals surface area (Å²) in [5.74, 6) is 0.741. The van der Waals surface area contributed by atoms with E-state index in [-0.39, 0.29) is 11.1 Å². The predicted molar refractivity (Wildman–Crippen MR) is 101 cm³/mol. The van der Waals surface area contributed by atoms with Crippen LogP contribution in [0.25, 0.3) is 0 Å². The highest BCUT2D eigenvalue weighted by Crippen LogP contribution is 2.32. The Kier molecular flexibility index (Phi) is 6.76. The van der Waals surface area contributed by atoms with Gasteiger partial charge in [0.25, 0.3) is 0 Å². The van der Waals surface area contributed by atoms with Gasteiger partial charge in [0.15, 0.2) is 0 Å². The molecule has 5 nitrogen and oxygen atoms in total. The smallest absolute Gasteiger partial charge is 0.218 e. The molecule has 1 aromatic carbocycles. The van der Waals surface area contributed by atoms with Gasteiger partial charge in [-0.15, -0.1) is 5.11 Å². The molecule has 0 spiro atoms. The Morgan fingerprint density at radius 2 is 1.32 bits per heavy atom. The summed E-state index contributed by atoms with van der Waals surface area (Å²) in [6.07, 6.45) is 0.477. The van der Waals surface area contributed by atoms with Crippen molar-refractivity contribution in [2.24, 2.45) is 10.2 Å². The van der Waals surface area contributed by atoms with Crippen LogP contribution in [0.4, 0.5) is 0 Å². The number of rotatable bonds is 7. The largest absolute Gasteiger partial charge is 0.465 e. The van der Waals surface area contributed by atoms with Gasteiger partial charge in [-0.1, -0.05) is 18.2 Å². The van der Waals surface area contributed by atoms with Crippen LogP contribution >= 0.6 is 0 Å². The second-order valence-corrected chi connectivity index (χ2v) is 9.18. The Hall–Kier alpha value is -1.46. The van der Waals surface area contributed by atoms with Crippen molar-refractivity contribution >= 4 is 0 Å². The zero-order chi connectivity index (χ0) is 19.4. The average molecular weight is 351 g/mol. The van der Waals surface area contributed by atoms with Crippen LogP contribution in [0.1, 0.15) is 68.7 Å². The highest BCUT2D eigenvalue weighted by molar-refractivity contribution is 5.22. The third-order valence-corrected chi connectivity index (χ3v) is 2.91. The Morgan fingerprint density at radius 3 is 1.80 bits per heavy atom. The minimum Gasteiger partial charge on any atom is -0.465 e. The minimum atomic E-state index is -0.876. The predicted octanol–water partition coefficient (Wildman–Crippen LogP) is 5.95. The van der Waals surface area contributed by atoms with E-state index in [1.165, 1.54) is 0 Å². The Morgan fingerprint density at radius 1 is 0.760 bits per heavy atom. The molecule has 0 saturated heterocycles. The van der Waals surface area contributed by atoms with Crippen LogP contribution in [0.3, 0.4) is 0 Å². The quantitative estimate of drug-likeness (QED) is 0.347. The van der Waals surface area contributed by atoms with Gasteiger partial charge in [-0.05, 0) is 74.4 Å². The van der Waals surface area contributed by atoms with E-state index >= 15 is 0 Å². The molecule has 1 atom stereocenters. The summed E-state index contributed by atoms with van der Waals surface area (Å²) in [5.41, 5.74) is -2.15. The molecule has 25 heavy (non-hydrogen) atoms. The van der Waals surface area contributed by atoms with Gasteiger partial charge in [-0.2, -0.15) is 5.11 Å². The molecular weight excluding hydrogens is 316 g/mol. The van der Waals surface area contributed by atoms with Gasteiger partial charge in [0.05, 0.1) is 11.1 Å². The van der Waals surface area contributed by atoms with Crippen LogP contribution < -0.4 is 4.74 Å². The van der Waals surface area contributed by atoms with E-state index in [0.29, 0.717) is 6.42 Å². The fourth-order valence-electron chi connectivity index (χ4n) is 2.15. The van der Waals surface area contributed by atoms with Crippen LogP contribution in [0.15, 0.2) is 40.6 Å². The Bertz CT molecular complexity index is 557. The lowest BCUT2D eigenvalue weighted by Gasteiger charge is -2.35. The summed E-state index contributed by atoms with van der Waals surface area (Å²) in [6, 6.07) is 9.63. The van der Waals surface area contributed by atoms with Gasteiger partial charge < -0.3 is 4.74 Å². The summed E-state index contributed by atoms with van der Waals surface area (Å²) in [7, 11) is 0. The first kappa shape index (κ1) is 21.6. The lowest BCUT2D eigenvalue weighted by atomic mass is 9.97. The average Bonchev–Trinajstić information content (AvgIpc) is 2.42. The zero-order valence-corrected chi connectivity index (χ0v) is 17.2. The van der Waals surface area contributed by atoms with Crippen molar-refractivity contribution in [3.63, 3.8) is 0 Å². The molecule has 1 rings (SSSR count). The molecule has 0 bridgehead atoms. The van der Waals surface area contributed by atoms with E-state index in [4.69, 9.17) is 14.5 Å². The van der Waals surface area contributed by atoms with Crippen LogP contribution in [0, 0.1) is 0 Å². The van der Waals surface area contributed by atoms with E-state index in [1.54, 1.807) is 0 Å². The summed E-state index contributed by atoms with van der Waals surface area (Å²) < 4.78 is 6.17. The fraction of sp³-hybridized carbons (Fsp3) is 0.700. The third-order valence-electron chi connectivity index (χ3n) is 2.91. The molecule has 5 heteroatoms. The molecule has 0 saturated carbocycles. The first-order valence-corrected chi connectivity index (χ1v) is 8.75. The molecule has 142 valence electrons. The monoisotopic (exact) mass is 350 g/mol. The highest BCUT2D eigenvalue weighted by atomic mass is 17.2. The molecule has 0 aliphatic carbocycles. The maximum atomic E-state index is 6.17. The first-order valence-electron chi connectivity index (χ1n) is 8.75. The number of para-hydroxylation sites is 1. The van der Waals surface area contributed by atoms with Crippen LogP contribution in [-0.2, 0) is 9.78 Å². The lowest BCUT2D eigenvalue weighted by Crippen LogP contribution is -2.41. The second kappa shape index (κ2) is 7.83. The number of hydrogen-bond acceptors (Lipinski definition) is 5. The summed E-state index contributed by atoms with van der Waals surface area (Å²) in [5, 5.41) is 8.94. The maximum Gasteiger partial charge on any atom is 0.218 e. The molecular formula is C20H34N2O3. The van der Waals surface area contributed by atoms with Crippen LogP contribution in [0.2, 0.25) is 0 Å². The number of ether oxygens (including phenoxy) is 1. The van der Waals surface area contributed by atoms with E-state index in [9.17, 15) is 0 Å². The maximum absolute atomic E-state index is 6.17.